The number of aryl methyl sites for hydroxylation is 1. The molecule has 3 fully saturated rings. The van der Waals surface area contributed by atoms with E-state index in [-0.39, 0.29) is 36.0 Å². The molecule has 0 aliphatic carbocycles. The third-order valence-electron chi connectivity index (χ3n) is 6.78. The molecular weight excluding hydrogens is 394 g/mol. The number of carbonyl (C=O) groups excluding carboxylic acids is 2. The quantitative estimate of drug-likeness (QED) is 0.703. The molecule has 10 heteroatoms. The van der Waals surface area contributed by atoms with Crippen molar-refractivity contribution in [3.8, 4) is 0 Å². The smallest absolute Gasteiger partial charge is 0.262 e. The number of rotatable bonds is 3. The highest BCUT2D eigenvalue weighted by Crippen LogP contribution is 2.46. The lowest BCUT2D eigenvalue weighted by Crippen LogP contribution is -2.51. The Kier molecular flexibility index (Phi) is 5.18. The maximum Gasteiger partial charge on any atom is 0.262 e. The van der Waals surface area contributed by atoms with Gasteiger partial charge in [0.25, 0.3) is 10.0 Å². The van der Waals surface area contributed by atoms with Gasteiger partial charge in [0.2, 0.25) is 11.8 Å². The molecular formula is C19H29N5O4S. The zero-order valence-electron chi connectivity index (χ0n) is 17.1. The minimum absolute atomic E-state index is 0.0235. The highest BCUT2D eigenvalue weighted by Gasteiger charge is 2.56. The molecule has 0 N–H and O–H groups in total. The van der Waals surface area contributed by atoms with E-state index in [2.05, 4.69) is 4.98 Å². The number of hydrogen-bond donors (Lipinski definition) is 0. The van der Waals surface area contributed by atoms with Crippen LogP contribution in [0.15, 0.2) is 17.6 Å². The van der Waals surface area contributed by atoms with E-state index in [9.17, 15) is 18.0 Å². The molecule has 4 rings (SSSR count). The van der Waals surface area contributed by atoms with E-state index in [0.29, 0.717) is 25.8 Å². The number of imidazole rings is 1. The van der Waals surface area contributed by atoms with Gasteiger partial charge in [0, 0.05) is 58.9 Å². The summed E-state index contributed by atoms with van der Waals surface area (Å²) in [5.41, 5.74) is -0.690. The van der Waals surface area contributed by atoms with Crippen molar-refractivity contribution in [2.45, 2.75) is 50.1 Å². The molecule has 3 aliphatic heterocycles. The predicted octanol–water partition coefficient (Wildman–Crippen LogP) is 0.434. The first kappa shape index (κ1) is 20.3. The average Bonchev–Trinajstić information content (AvgIpc) is 3.40. The van der Waals surface area contributed by atoms with E-state index < -0.39 is 15.4 Å². The van der Waals surface area contributed by atoms with Gasteiger partial charge in [0.05, 0.1) is 11.7 Å². The fourth-order valence-electron chi connectivity index (χ4n) is 5.23. The normalized spacial score (nSPS) is 28.4. The molecule has 1 aromatic rings. The van der Waals surface area contributed by atoms with Crippen LogP contribution in [0.4, 0.5) is 0 Å². The van der Waals surface area contributed by atoms with Crippen LogP contribution in [0.2, 0.25) is 0 Å². The van der Waals surface area contributed by atoms with E-state index in [4.69, 9.17) is 0 Å². The van der Waals surface area contributed by atoms with Crippen LogP contribution in [0.5, 0.6) is 0 Å². The summed E-state index contributed by atoms with van der Waals surface area (Å²) in [5, 5.41) is 0.0235. The van der Waals surface area contributed by atoms with Gasteiger partial charge in [-0.05, 0) is 32.1 Å². The van der Waals surface area contributed by atoms with Gasteiger partial charge in [0.15, 0.2) is 5.03 Å². The zero-order chi connectivity index (χ0) is 20.8. The van der Waals surface area contributed by atoms with E-state index in [0.717, 1.165) is 25.9 Å². The first-order chi connectivity index (χ1) is 13.8. The molecule has 2 amide bonds. The SMILES string of the molecule is CC(=O)N1CC[C@]2(C(=O)N3CCCC3)CCN(S(=O)(=O)c3cn(C)cn3)CC[C@H]12. The molecule has 3 aliphatic rings. The summed E-state index contributed by atoms with van der Waals surface area (Å²) in [4.78, 5) is 33.5. The zero-order valence-corrected chi connectivity index (χ0v) is 17.9. The molecule has 0 aromatic carbocycles. The summed E-state index contributed by atoms with van der Waals surface area (Å²) in [7, 11) is -2.00. The molecule has 2 atom stereocenters. The van der Waals surface area contributed by atoms with Gasteiger partial charge in [-0.25, -0.2) is 13.4 Å². The Balaban J connectivity index is 1.64. The standard InChI is InChI=1S/C19H29N5O4S/c1-15(25)24-12-7-19(18(26)22-8-3-4-9-22)6-11-23(10-5-16(19)24)29(27,28)17-13-21(2)14-20-17/h13-14,16H,3-12H2,1-2H3/t16-,19+/m0/s1. The summed E-state index contributed by atoms with van der Waals surface area (Å²) in [5.74, 6) is 0.0490. The van der Waals surface area contributed by atoms with Crippen molar-refractivity contribution in [1.82, 2.24) is 23.7 Å². The van der Waals surface area contributed by atoms with Gasteiger partial charge >= 0.3 is 0 Å². The lowest BCUT2D eigenvalue weighted by atomic mass is 9.75. The third-order valence-corrected chi connectivity index (χ3v) is 8.57. The largest absolute Gasteiger partial charge is 0.342 e. The van der Waals surface area contributed by atoms with Crippen LogP contribution in [-0.2, 0) is 26.7 Å². The van der Waals surface area contributed by atoms with Crippen LogP contribution in [0.25, 0.3) is 0 Å². The Morgan fingerprint density at radius 2 is 1.79 bits per heavy atom. The molecule has 160 valence electrons. The molecule has 3 saturated heterocycles. The Labute approximate surface area is 171 Å². The molecule has 0 unspecified atom stereocenters. The monoisotopic (exact) mass is 423 g/mol. The van der Waals surface area contributed by atoms with Gasteiger partial charge in [-0.15, -0.1) is 0 Å². The van der Waals surface area contributed by atoms with Crippen molar-refractivity contribution >= 4 is 21.8 Å². The van der Waals surface area contributed by atoms with Crippen molar-refractivity contribution in [2.24, 2.45) is 12.5 Å². The second kappa shape index (κ2) is 7.39. The summed E-state index contributed by atoms with van der Waals surface area (Å²) < 4.78 is 29.2. The second-order valence-corrected chi connectivity index (χ2v) is 10.3. The van der Waals surface area contributed by atoms with Gasteiger partial charge in [0.1, 0.15) is 0 Å². The Morgan fingerprint density at radius 3 is 2.41 bits per heavy atom. The van der Waals surface area contributed by atoms with Gasteiger partial charge in [-0.1, -0.05) is 0 Å². The fourth-order valence-corrected chi connectivity index (χ4v) is 6.65. The van der Waals surface area contributed by atoms with Crippen LogP contribution >= 0.6 is 0 Å². The van der Waals surface area contributed by atoms with Crippen molar-refractivity contribution < 1.29 is 18.0 Å². The van der Waals surface area contributed by atoms with E-state index in [1.54, 1.807) is 16.5 Å². The number of carbonyl (C=O) groups is 2. The van der Waals surface area contributed by atoms with Crippen LogP contribution in [0.3, 0.4) is 0 Å². The summed E-state index contributed by atoms with van der Waals surface area (Å²) in [6.07, 6.45) is 6.47. The molecule has 1 aromatic heterocycles. The molecule has 0 radical (unpaired) electrons. The number of fused-ring (bicyclic) bond motifs is 1. The summed E-state index contributed by atoms with van der Waals surface area (Å²) in [6, 6.07) is -0.253. The van der Waals surface area contributed by atoms with E-state index in [1.807, 2.05) is 4.90 Å². The minimum Gasteiger partial charge on any atom is -0.342 e. The van der Waals surface area contributed by atoms with Crippen molar-refractivity contribution in [3.63, 3.8) is 0 Å². The van der Waals surface area contributed by atoms with Gasteiger partial charge < -0.3 is 14.4 Å². The number of sulfonamides is 1. The number of likely N-dealkylation sites (tertiary alicyclic amines) is 2. The van der Waals surface area contributed by atoms with Crippen LogP contribution in [-0.4, -0.2) is 82.7 Å². The summed E-state index contributed by atoms with van der Waals surface area (Å²) >= 11 is 0. The van der Waals surface area contributed by atoms with Crippen LogP contribution in [0, 0.1) is 5.41 Å². The Morgan fingerprint density at radius 1 is 1.10 bits per heavy atom. The fraction of sp³-hybridized carbons (Fsp3) is 0.737. The number of hydrogen-bond acceptors (Lipinski definition) is 5. The first-order valence-electron chi connectivity index (χ1n) is 10.3. The highest BCUT2D eigenvalue weighted by molar-refractivity contribution is 7.89. The number of amides is 2. The second-order valence-electron chi connectivity index (χ2n) is 8.45. The van der Waals surface area contributed by atoms with E-state index >= 15 is 0 Å². The van der Waals surface area contributed by atoms with Gasteiger partial charge in [-0.3, -0.25) is 9.59 Å². The molecule has 29 heavy (non-hydrogen) atoms. The predicted molar refractivity (Wildman–Crippen MR) is 105 cm³/mol. The Bertz CT molecular complexity index is 907. The molecule has 4 heterocycles. The lowest BCUT2D eigenvalue weighted by Gasteiger charge is -2.37. The minimum atomic E-state index is -3.73. The first-order valence-corrected chi connectivity index (χ1v) is 11.7. The van der Waals surface area contributed by atoms with Crippen LogP contribution in [0.1, 0.15) is 39.0 Å². The van der Waals surface area contributed by atoms with E-state index in [1.165, 1.54) is 23.8 Å². The van der Waals surface area contributed by atoms with Crippen molar-refractivity contribution in [3.05, 3.63) is 12.5 Å². The average molecular weight is 424 g/mol. The lowest BCUT2D eigenvalue weighted by molar-refractivity contribution is -0.144. The number of nitrogens with zero attached hydrogens (tertiary/aromatic N) is 5. The van der Waals surface area contributed by atoms with Crippen molar-refractivity contribution in [2.75, 3.05) is 32.7 Å². The maximum absolute atomic E-state index is 13.6. The molecule has 0 saturated carbocycles. The van der Waals surface area contributed by atoms with Crippen LogP contribution < -0.4 is 0 Å². The highest BCUT2D eigenvalue weighted by atomic mass is 32.2. The maximum atomic E-state index is 13.6. The molecule has 0 spiro atoms. The van der Waals surface area contributed by atoms with Gasteiger partial charge in [-0.2, -0.15) is 4.31 Å². The molecule has 0 bridgehead atoms. The third kappa shape index (κ3) is 3.35. The molecule has 9 nitrogen and oxygen atoms in total. The summed E-state index contributed by atoms with van der Waals surface area (Å²) in [6.45, 7) is 4.14. The van der Waals surface area contributed by atoms with Crippen molar-refractivity contribution in [1.29, 1.82) is 0 Å². The topological polar surface area (TPSA) is 95.8 Å². The Hall–Kier alpha value is -1.94. The number of aromatic nitrogens is 2.